The molecule has 0 bridgehead atoms. The monoisotopic (exact) mass is 587 g/mol. The maximum Gasteiger partial charge on any atom is 0.326 e. The molecule has 2 atom stereocenters. The first-order chi connectivity index (χ1) is 19.1. The normalized spacial score (nSPS) is 15.8. The third kappa shape index (κ3) is 7.20. The highest BCUT2D eigenvalue weighted by molar-refractivity contribution is 6.35. The summed E-state index contributed by atoms with van der Waals surface area (Å²) in [5.41, 5.74) is 1.08. The number of anilines is 1. The summed E-state index contributed by atoms with van der Waals surface area (Å²) in [6, 6.07) is 14.5. The zero-order valence-corrected chi connectivity index (χ0v) is 22.8. The number of aliphatic hydroxyl groups is 1. The van der Waals surface area contributed by atoms with E-state index in [-0.39, 0.29) is 18.6 Å². The lowest BCUT2D eigenvalue weighted by Crippen LogP contribution is -2.42. The van der Waals surface area contributed by atoms with Crippen molar-refractivity contribution in [3.05, 3.63) is 97.5 Å². The summed E-state index contributed by atoms with van der Waals surface area (Å²) in [5, 5.41) is 34.8. The van der Waals surface area contributed by atoms with Gasteiger partial charge in [0.25, 0.3) is 11.6 Å². The number of halogens is 2. The van der Waals surface area contributed by atoms with E-state index < -0.39 is 34.6 Å². The predicted octanol–water partition coefficient (Wildman–Crippen LogP) is 4.87. The fourth-order valence-corrected chi connectivity index (χ4v) is 4.98. The first-order valence-electron chi connectivity index (χ1n) is 12.5. The highest BCUT2D eigenvalue weighted by atomic mass is 35.5. The number of β-amino-alcohol motifs (C(OH)–C–C–N with tert-alkyl or cyclic N) is 1. The van der Waals surface area contributed by atoms with Crippen LogP contribution in [0.3, 0.4) is 0 Å². The molecule has 1 heterocycles. The number of rotatable bonds is 10. The number of benzene rings is 3. The Morgan fingerprint density at radius 3 is 2.45 bits per heavy atom. The molecule has 12 heteroatoms. The van der Waals surface area contributed by atoms with Crippen LogP contribution in [-0.4, -0.2) is 52.2 Å². The van der Waals surface area contributed by atoms with Gasteiger partial charge in [-0.2, -0.15) is 0 Å². The molecule has 3 N–H and O–H groups in total. The molecule has 3 aromatic rings. The van der Waals surface area contributed by atoms with Crippen molar-refractivity contribution in [2.45, 2.75) is 38.0 Å². The quantitative estimate of drug-likeness (QED) is 0.225. The maximum absolute atomic E-state index is 13.1. The summed E-state index contributed by atoms with van der Waals surface area (Å²) in [7, 11) is 0. The minimum atomic E-state index is -1.35. The van der Waals surface area contributed by atoms with E-state index in [2.05, 4.69) is 5.32 Å². The van der Waals surface area contributed by atoms with Crippen LogP contribution in [0.5, 0.6) is 5.75 Å². The van der Waals surface area contributed by atoms with E-state index in [1.54, 1.807) is 42.5 Å². The number of nitrogens with one attached hydrogen (secondary N) is 1. The number of nitrogens with zero attached hydrogens (tertiary/aromatic N) is 2. The van der Waals surface area contributed by atoms with Crippen molar-refractivity contribution < 1.29 is 29.5 Å². The molecular formula is C28H27Cl2N3O7. The summed E-state index contributed by atoms with van der Waals surface area (Å²) in [5.74, 6) is -1.67. The average molecular weight is 588 g/mol. The number of hydrogen-bond acceptors (Lipinski definition) is 7. The van der Waals surface area contributed by atoms with Gasteiger partial charge in [0.05, 0.1) is 11.0 Å². The van der Waals surface area contributed by atoms with Crippen molar-refractivity contribution in [3.63, 3.8) is 0 Å². The molecule has 10 nitrogen and oxygen atoms in total. The van der Waals surface area contributed by atoms with Crippen LogP contribution in [0.2, 0.25) is 10.0 Å². The van der Waals surface area contributed by atoms with Crippen molar-refractivity contribution in [1.82, 2.24) is 5.32 Å². The first-order valence-corrected chi connectivity index (χ1v) is 13.3. The number of nitro groups is 1. The van der Waals surface area contributed by atoms with Gasteiger partial charge in [0.15, 0.2) is 0 Å². The number of aliphatic hydroxyl groups excluding tert-OH is 1. The lowest BCUT2D eigenvalue weighted by atomic mass is 10.0. The molecule has 0 aromatic heterocycles. The van der Waals surface area contributed by atoms with E-state index >= 15 is 0 Å². The Labute approximate surface area is 240 Å². The summed E-state index contributed by atoms with van der Waals surface area (Å²) < 4.78 is 5.75. The molecule has 1 aliphatic heterocycles. The molecule has 0 saturated carbocycles. The number of amides is 1. The van der Waals surface area contributed by atoms with Gasteiger partial charge in [-0.25, -0.2) is 4.79 Å². The van der Waals surface area contributed by atoms with Crippen LogP contribution in [0, 0.1) is 10.1 Å². The molecule has 1 fully saturated rings. The minimum Gasteiger partial charge on any atom is -0.489 e. The van der Waals surface area contributed by atoms with Crippen molar-refractivity contribution in [2.75, 3.05) is 18.0 Å². The third-order valence-electron chi connectivity index (χ3n) is 6.59. The molecular weight excluding hydrogens is 561 g/mol. The zero-order valence-electron chi connectivity index (χ0n) is 21.3. The molecule has 4 rings (SSSR count). The van der Waals surface area contributed by atoms with Crippen LogP contribution in [0.15, 0.2) is 60.7 Å². The fourth-order valence-electron chi connectivity index (χ4n) is 4.47. The number of carboxylic acids is 1. The van der Waals surface area contributed by atoms with Crippen LogP contribution in [-0.2, 0) is 17.8 Å². The summed E-state index contributed by atoms with van der Waals surface area (Å²) in [6.45, 7) is 1.10. The molecule has 0 spiro atoms. The van der Waals surface area contributed by atoms with E-state index in [1.807, 2.05) is 4.90 Å². The molecule has 2 unspecified atom stereocenters. The Morgan fingerprint density at radius 1 is 1.12 bits per heavy atom. The van der Waals surface area contributed by atoms with E-state index in [4.69, 9.17) is 27.9 Å². The van der Waals surface area contributed by atoms with E-state index in [1.165, 1.54) is 18.2 Å². The molecule has 40 heavy (non-hydrogen) atoms. The Hall–Kier alpha value is -3.86. The second-order valence-electron chi connectivity index (χ2n) is 9.40. The van der Waals surface area contributed by atoms with E-state index in [9.17, 15) is 29.9 Å². The number of piperidine rings is 1. The maximum atomic E-state index is 13.1. The van der Waals surface area contributed by atoms with E-state index in [0.717, 1.165) is 6.42 Å². The Balaban J connectivity index is 1.45. The lowest BCUT2D eigenvalue weighted by molar-refractivity contribution is -0.385. The standard InChI is InChI=1S/C28H27Cl2N3O7/c29-23-4-1-5-24(30)22(23)16-40-20-9-6-17(7-10-20)13-25(28(36)37)31-27(35)21-14-18(8-11-26(21)33(38)39)32-12-2-3-19(34)15-32/h1,4-11,14,19,25,34H,2-3,12-13,15-16H2,(H,31,35)(H,36,37). The fraction of sp³-hybridized carbons (Fsp3) is 0.286. The van der Waals surface area contributed by atoms with Crippen LogP contribution in [0.4, 0.5) is 11.4 Å². The van der Waals surface area contributed by atoms with Crippen LogP contribution in [0.1, 0.15) is 34.3 Å². The number of ether oxygens (including phenoxy) is 1. The van der Waals surface area contributed by atoms with Crippen molar-refractivity contribution in [1.29, 1.82) is 0 Å². The lowest BCUT2D eigenvalue weighted by Gasteiger charge is -2.32. The summed E-state index contributed by atoms with van der Waals surface area (Å²) >= 11 is 12.3. The Morgan fingerprint density at radius 2 is 1.82 bits per heavy atom. The number of carboxylic acid groups (broad SMARTS) is 1. The molecule has 1 aliphatic rings. The SMILES string of the molecule is O=C(NC(Cc1ccc(OCc2c(Cl)cccc2Cl)cc1)C(=O)O)c1cc(N2CCCC(O)C2)ccc1[N+](=O)[O-]. The van der Waals surface area contributed by atoms with Gasteiger partial charge in [-0.15, -0.1) is 0 Å². The largest absolute Gasteiger partial charge is 0.489 e. The number of carbonyl (C=O) groups excluding carboxylic acids is 1. The van der Waals surface area contributed by atoms with Gasteiger partial charge in [-0.1, -0.05) is 41.4 Å². The summed E-state index contributed by atoms with van der Waals surface area (Å²) in [6.07, 6.45) is 0.783. The predicted molar refractivity (Wildman–Crippen MR) is 150 cm³/mol. The van der Waals surface area contributed by atoms with Gasteiger partial charge in [-0.05, 0) is 54.8 Å². The average Bonchev–Trinajstić information content (AvgIpc) is 2.92. The van der Waals surface area contributed by atoms with Gasteiger partial charge < -0.3 is 25.2 Å². The number of hydrogen-bond donors (Lipinski definition) is 3. The van der Waals surface area contributed by atoms with E-state index in [0.29, 0.717) is 52.1 Å². The van der Waals surface area contributed by atoms with Gasteiger partial charge >= 0.3 is 5.97 Å². The second kappa shape index (κ2) is 13.0. The Bertz CT molecular complexity index is 1380. The molecule has 210 valence electrons. The molecule has 3 aromatic carbocycles. The molecule has 1 amide bonds. The molecule has 1 saturated heterocycles. The molecule has 0 aliphatic carbocycles. The first kappa shape index (κ1) is 29.1. The Kier molecular flexibility index (Phi) is 9.46. The van der Waals surface area contributed by atoms with Gasteiger partial charge in [0.1, 0.15) is 24.0 Å². The third-order valence-corrected chi connectivity index (χ3v) is 7.30. The van der Waals surface area contributed by atoms with Crippen molar-refractivity contribution in [2.24, 2.45) is 0 Å². The number of nitro benzene ring substituents is 1. The van der Waals surface area contributed by atoms with Gasteiger partial charge in [-0.3, -0.25) is 14.9 Å². The topological polar surface area (TPSA) is 142 Å². The van der Waals surface area contributed by atoms with Gasteiger partial charge in [0.2, 0.25) is 0 Å². The van der Waals surface area contributed by atoms with Gasteiger partial charge in [0, 0.05) is 46.9 Å². The van der Waals surface area contributed by atoms with Crippen LogP contribution >= 0.6 is 23.2 Å². The van der Waals surface area contributed by atoms with Crippen molar-refractivity contribution >= 4 is 46.5 Å². The zero-order chi connectivity index (χ0) is 28.8. The molecule has 0 radical (unpaired) electrons. The highest BCUT2D eigenvalue weighted by Crippen LogP contribution is 2.28. The minimum absolute atomic E-state index is 0.0660. The summed E-state index contributed by atoms with van der Waals surface area (Å²) in [4.78, 5) is 37.9. The second-order valence-corrected chi connectivity index (χ2v) is 10.2. The highest BCUT2D eigenvalue weighted by Gasteiger charge is 2.28. The van der Waals surface area contributed by atoms with Crippen molar-refractivity contribution in [3.8, 4) is 5.75 Å². The van der Waals surface area contributed by atoms with Crippen LogP contribution in [0.25, 0.3) is 0 Å². The smallest absolute Gasteiger partial charge is 0.326 e. The number of carbonyl (C=O) groups is 2. The number of aliphatic carboxylic acids is 1. The van der Waals surface area contributed by atoms with Crippen LogP contribution < -0.4 is 15.0 Å².